The minimum atomic E-state index is -0.655. The highest BCUT2D eigenvalue weighted by atomic mass is 16.6. The first-order valence-corrected chi connectivity index (χ1v) is 6.97. The Labute approximate surface area is 118 Å². The van der Waals surface area contributed by atoms with Gasteiger partial charge in [-0.15, -0.1) is 0 Å². The molecule has 0 unspecified atom stereocenters. The molecule has 2 N–H and O–H groups in total. The Balaban J connectivity index is 1.54. The molecule has 2 saturated heterocycles. The van der Waals surface area contributed by atoms with Crippen LogP contribution in [0.5, 0.6) is 0 Å². The molecule has 3 rings (SSSR count). The molecule has 0 aromatic heterocycles. The highest BCUT2D eigenvalue weighted by Crippen LogP contribution is 2.28. The topological polar surface area (TPSA) is 70.8 Å². The zero-order valence-electron chi connectivity index (χ0n) is 11.2. The standard InChI is InChI=1S/C15H19NO4/c16-11(8-10-4-2-1-3-5-10)15(17)20-13-9-19-12-6-7-18-14(12)13/h1-5,11-14H,6-9,16H2/t11-,12+,13+,14+/m0/s1. The summed E-state index contributed by atoms with van der Waals surface area (Å²) >= 11 is 0. The van der Waals surface area contributed by atoms with Gasteiger partial charge in [0.1, 0.15) is 12.1 Å². The van der Waals surface area contributed by atoms with E-state index in [-0.39, 0.29) is 18.3 Å². The van der Waals surface area contributed by atoms with Crippen molar-refractivity contribution in [2.45, 2.75) is 37.2 Å². The van der Waals surface area contributed by atoms with E-state index in [0.717, 1.165) is 12.0 Å². The molecule has 2 aliphatic heterocycles. The van der Waals surface area contributed by atoms with Crippen LogP contribution in [-0.2, 0) is 25.4 Å². The molecular weight excluding hydrogens is 258 g/mol. The van der Waals surface area contributed by atoms with E-state index in [4.69, 9.17) is 19.9 Å². The Bertz CT molecular complexity index is 464. The van der Waals surface area contributed by atoms with Gasteiger partial charge < -0.3 is 19.9 Å². The van der Waals surface area contributed by atoms with Crippen LogP contribution in [0.3, 0.4) is 0 Å². The summed E-state index contributed by atoms with van der Waals surface area (Å²) in [6, 6.07) is 9.02. The van der Waals surface area contributed by atoms with Crippen LogP contribution < -0.4 is 5.73 Å². The number of rotatable bonds is 4. The minimum absolute atomic E-state index is 0.0677. The first-order valence-electron chi connectivity index (χ1n) is 6.97. The van der Waals surface area contributed by atoms with Crippen LogP contribution in [0.15, 0.2) is 30.3 Å². The average molecular weight is 277 g/mol. The number of hydrogen-bond donors (Lipinski definition) is 1. The number of ether oxygens (including phenoxy) is 3. The lowest BCUT2D eigenvalue weighted by Crippen LogP contribution is -2.40. The molecule has 0 radical (unpaired) electrons. The lowest BCUT2D eigenvalue weighted by atomic mass is 10.1. The normalized spacial score (nSPS) is 29.9. The van der Waals surface area contributed by atoms with E-state index in [9.17, 15) is 4.79 Å². The molecule has 5 nitrogen and oxygen atoms in total. The summed E-state index contributed by atoms with van der Waals surface area (Å²) in [6.07, 6.45) is 0.967. The zero-order valence-corrected chi connectivity index (χ0v) is 11.2. The van der Waals surface area contributed by atoms with Gasteiger partial charge in [0.05, 0.1) is 12.7 Å². The van der Waals surface area contributed by atoms with Crippen molar-refractivity contribution < 1.29 is 19.0 Å². The Morgan fingerprint density at radius 1 is 1.35 bits per heavy atom. The second-order valence-electron chi connectivity index (χ2n) is 5.27. The summed E-state index contributed by atoms with van der Waals surface area (Å²) in [6.45, 7) is 1.07. The molecule has 0 spiro atoms. The highest BCUT2D eigenvalue weighted by Gasteiger charge is 2.44. The van der Waals surface area contributed by atoms with Gasteiger partial charge >= 0.3 is 5.97 Å². The summed E-state index contributed by atoms with van der Waals surface area (Å²) in [5, 5.41) is 0. The van der Waals surface area contributed by atoms with Gasteiger partial charge in [-0.05, 0) is 18.4 Å². The van der Waals surface area contributed by atoms with Crippen LogP contribution in [0.1, 0.15) is 12.0 Å². The average Bonchev–Trinajstić information content (AvgIpc) is 3.05. The Morgan fingerprint density at radius 3 is 2.95 bits per heavy atom. The summed E-state index contributed by atoms with van der Waals surface area (Å²) in [5.41, 5.74) is 6.93. The van der Waals surface area contributed by atoms with Crippen molar-refractivity contribution in [2.75, 3.05) is 13.2 Å². The van der Waals surface area contributed by atoms with Gasteiger partial charge in [-0.25, -0.2) is 0 Å². The number of esters is 1. The molecule has 20 heavy (non-hydrogen) atoms. The van der Waals surface area contributed by atoms with Crippen molar-refractivity contribution in [3.63, 3.8) is 0 Å². The fraction of sp³-hybridized carbons (Fsp3) is 0.533. The van der Waals surface area contributed by atoms with Gasteiger partial charge in [-0.1, -0.05) is 30.3 Å². The Kier molecular flexibility index (Phi) is 4.00. The molecule has 1 aromatic carbocycles. The maximum absolute atomic E-state index is 12.0. The van der Waals surface area contributed by atoms with E-state index < -0.39 is 12.0 Å². The van der Waals surface area contributed by atoms with Crippen LogP contribution in [0.4, 0.5) is 0 Å². The third kappa shape index (κ3) is 2.85. The number of nitrogens with two attached hydrogens (primary N) is 1. The summed E-state index contributed by atoms with van der Waals surface area (Å²) in [5.74, 6) is -0.390. The molecule has 2 aliphatic rings. The summed E-state index contributed by atoms with van der Waals surface area (Å²) < 4.78 is 16.5. The van der Waals surface area contributed by atoms with Gasteiger partial charge in [0.15, 0.2) is 6.10 Å². The molecule has 2 heterocycles. The number of fused-ring (bicyclic) bond motifs is 1. The predicted octanol–water partition coefficient (Wildman–Crippen LogP) is 0.656. The van der Waals surface area contributed by atoms with E-state index in [2.05, 4.69) is 0 Å². The third-order valence-electron chi connectivity index (χ3n) is 3.79. The first kappa shape index (κ1) is 13.5. The predicted molar refractivity (Wildman–Crippen MR) is 72.1 cm³/mol. The summed E-state index contributed by atoms with van der Waals surface area (Å²) in [4.78, 5) is 12.0. The Morgan fingerprint density at radius 2 is 2.15 bits per heavy atom. The lowest BCUT2D eigenvalue weighted by Gasteiger charge is -2.19. The van der Waals surface area contributed by atoms with Crippen LogP contribution in [0, 0.1) is 0 Å². The van der Waals surface area contributed by atoms with Gasteiger partial charge in [-0.3, -0.25) is 4.79 Å². The first-order chi connectivity index (χ1) is 9.74. The minimum Gasteiger partial charge on any atom is -0.456 e. The highest BCUT2D eigenvalue weighted by molar-refractivity contribution is 5.76. The fourth-order valence-corrected chi connectivity index (χ4v) is 2.72. The number of hydrogen-bond acceptors (Lipinski definition) is 5. The van der Waals surface area contributed by atoms with Crippen LogP contribution in [0.2, 0.25) is 0 Å². The van der Waals surface area contributed by atoms with Crippen LogP contribution >= 0.6 is 0 Å². The van der Waals surface area contributed by atoms with Crippen molar-refractivity contribution in [3.8, 4) is 0 Å². The number of carbonyl (C=O) groups excluding carboxylic acids is 1. The molecule has 4 atom stereocenters. The molecule has 0 amide bonds. The second-order valence-corrected chi connectivity index (χ2v) is 5.27. The molecule has 0 aliphatic carbocycles. The quantitative estimate of drug-likeness (QED) is 0.819. The maximum Gasteiger partial charge on any atom is 0.323 e. The third-order valence-corrected chi connectivity index (χ3v) is 3.79. The van der Waals surface area contributed by atoms with Gasteiger partial charge in [0.2, 0.25) is 0 Å². The number of benzene rings is 1. The van der Waals surface area contributed by atoms with Crippen LogP contribution in [0.25, 0.3) is 0 Å². The SMILES string of the molecule is N[C@@H](Cc1ccccc1)C(=O)O[C@@H]1CO[C@@H]2CCO[C@H]21. The van der Waals surface area contributed by atoms with Gasteiger partial charge in [-0.2, -0.15) is 0 Å². The molecule has 0 saturated carbocycles. The van der Waals surface area contributed by atoms with E-state index in [1.165, 1.54) is 0 Å². The van der Waals surface area contributed by atoms with E-state index in [0.29, 0.717) is 19.6 Å². The monoisotopic (exact) mass is 277 g/mol. The second kappa shape index (κ2) is 5.91. The smallest absolute Gasteiger partial charge is 0.323 e. The van der Waals surface area contributed by atoms with Crippen molar-refractivity contribution in [2.24, 2.45) is 5.73 Å². The van der Waals surface area contributed by atoms with Gasteiger partial charge in [0.25, 0.3) is 0 Å². The fourth-order valence-electron chi connectivity index (χ4n) is 2.72. The van der Waals surface area contributed by atoms with E-state index in [1.807, 2.05) is 30.3 Å². The molecular formula is C15H19NO4. The molecule has 1 aromatic rings. The van der Waals surface area contributed by atoms with E-state index >= 15 is 0 Å². The maximum atomic E-state index is 12.0. The molecule has 2 fully saturated rings. The molecule has 108 valence electrons. The lowest BCUT2D eigenvalue weighted by molar-refractivity contribution is -0.155. The molecule has 0 bridgehead atoms. The largest absolute Gasteiger partial charge is 0.456 e. The van der Waals surface area contributed by atoms with Crippen molar-refractivity contribution in [1.82, 2.24) is 0 Å². The molecule has 5 heteroatoms. The zero-order chi connectivity index (χ0) is 13.9. The summed E-state index contributed by atoms with van der Waals surface area (Å²) in [7, 11) is 0. The number of carbonyl (C=O) groups is 1. The van der Waals surface area contributed by atoms with Gasteiger partial charge in [0, 0.05) is 6.61 Å². The van der Waals surface area contributed by atoms with Crippen molar-refractivity contribution in [1.29, 1.82) is 0 Å². The van der Waals surface area contributed by atoms with Crippen LogP contribution in [-0.4, -0.2) is 43.5 Å². The van der Waals surface area contributed by atoms with Crippen molar-refractivity contribution >= 4 is 5.97 Å². The Hall–Kier alpha value is -1.43. The van der Waals surface area contributed by atoms with E-state index in [1.54, 1.807) is 0 Å². The van der Waals surface area contributed by atoms with Crippen molar-refractivity contribution in [3.05, 3.63) is 35.9 Å².